The lowest BCUT2D eigenvalue weighted by molar-refractivity contribution is -0.384. The fourth-order valence-corrected chi connectivity index (χ4v) is 4.41. The van der Waals surface area contributed by atoms with Gasteiger partial charge in [-0.3, -0.25) is 19.7 Å². The number of benzene rings is 1. The van der Waals surface area contributed by atoms with E-state index in [2.05, 4.69) is 0 Å². The molecule has 24 heavy (non-hydrogen) atoms. The van der Waals surface area contributed by atoms with Crippen molar-refractivity contribution in [3.05, 3.63) is 33.9 Å². The maximum absolute atomic E-state index is 12.8. The van der Waals surface area contributed by atoms with Crippen molar-refractivity contribution in [3.63, 3.8) is 0 Å². The van der Waals surface area contributed by atoms with Crippen LogP contribution in [0.15, 0.2) is 18.2 Å². The highest BCUT2D eigenvalue weighted by Gasteiger charge is 2.57. The quantitative estimate of drug-likeness (QED) is 0.442. The van der Waals surface area contributed by atoms with Gasteiger partial charge in [0.15, 0.2) is 0 Å². The molecule has 126 valence electrons. The maximum atomic E-state index is 12.8. The van der Waals surface area contributed by atoms with Crippen LogP contribution in [0.1, 0.15) is 24.8 Å². The second kappa shape index (κ2) is 5.37. The molecule has 7 heteroatoms. The van der Waals surface area contributed by atoms with Gasteiger partial charge in [0.2, 0.25) is 0 Å². The van der Waals surface area contributed by atoms with Gasteiger partial charge >= 0.3 is 0 Å². The number of non-ortho nitro benzene ring substituents is 1. The van der Waals surface area contributed by atoms with Crippen LogP contribution in [-0.4, -0.2) is 42.3 Å². The molecule has 2 aliphatic heterocycles. The van der Waals surface area contributed by atoms with Gasteiger partial charge < -0.3 is 9.64 Å². The monoisotopic (exact) mass is 330 g/mol. The van der Waals surface area contributed by atoms with Crippen molar-refractivity contribution in [3.8, 4) is 0 Å². The number of anilines is 1. The first kappa shape index (κ1) is 15.3. The number of ketones is 2. The zero-order chi connectivity index (χ0) is 16.9. The van der Waals surface area contributed by atoms with Gasteiger partial charge in [0.1, 0.15) is 17.0 Å². The normalized spacial score (nSPS) is 25.3. The molecule has 0 aromatic heterocycles. The van der Waals surface area contributed by atoms with Gasteiger partial charge in [0.05, 0.1) is 24.2 Å². The molecule has 1 aliphatic carbocycles. The summed E-state index contributed by atoms with van der Waals surface area (Å²) in [7, 11) is 0. The van der Waals surface area contributed by atoms with E-state index in [9.17, 15) is 19.7 Å². The number of carbonyl (C=O) groups excluding carboxylic acids is 2. The Morgan fingerprint density at radius 2 is 2.00 bits per heavy atom. The fraction of sp³-hybridized carbons (Fsp3) is 0.529. The molecular formula is C17H18N2O5. The van der Waals surface area contributed by atoms with Crippen LogP contribution < -0.4 is 4.90 Å². The SMILES string of the molecule is O=C1CCCC(=O)C12Cc1cc([N+](=O)[O-])ccc1N1CCOC[C@H]12. The average molecular weight is 330 g/mol. The number of morpholine rings is 1. The Bertz CT molecular complexity index is 728. The van der Waals surface area contributed by atoms with Crippen molar-refractivity contribution in [2.75, 3.05) is 24.7 Å². The van der Waals surface area contributed by atoms with E-state index >= 15 is 0 Å². The Morgan fingerprint density at radius 1 is 1.25 bits per heavy atom. The Hall–Kier alpha value is -2.28. The third-order valence-corrected chi connectivity index (χ3v) is 5.55. The number of hydrogen-bond acceptors (Lipinski definition) is 6. The third kappa shape index (κ3) is 2.00. The van der Waals surface area contributed by atoms with Crippen LogP contribution in [0.25, 0.3) is 0 Å². The molecule has 4 rings (SSSR count). The predicted molar refractivity (Wildman–Crippen MR) is 85.1 cm³/mol. The number of Topliss-reactive ketones (excluding diaryl/α,β-unsaturated/α-hetero) is 2. The molecule has 1 aromatic rings. The molecule has 7 nitrogen and oxygen atoms in total. The van der Waals surface area contributed by atoms with Crippen LogP contribution in [0.4, 0.5) is 11.4 Å². The summed E-state index contributed by atoms with van der Waals surface area (Å²) < 4.78 is 5.59. The van der Waals surface area contributed by atoms with Gasteiger partial charge in [-0.05, 0) is 24.5 Å². The third-order valence-electron chi connectivity index (χ3n) is 5.55. The van der Waals surface area contributed by atoms with Gasteiger partial charge in [-0.25, -0.2) is 0 Å². The maximum Gasteiger partial charge on any atom is 0.269 e. The number of rotatable bonds is 1. The molecule has 2 fully saturated rings. The van der Waals surface area contributed by atoms with Crippen LogP contribution in [0, 0.1) is 15.5 Å². The van der Waals surface area contributed by atoms with Gasteiger partial charge in [0.25, 0.3) is 5.69 Å². The number of ether oxygens (including phenoxy) is 1. The number of carbonyl (C=O) groups is 2. The van der Waals surface area contributed by atoms with E-state index in [-0.39, 0.29) is 29.7 Å². The molecule has 1 atom stereocenters. The van der Waals surface area contributed by atoms with Crippen molar-refractivity contribution >= 4 is 22.9 Å². The fourth-order valence-electron chi connectivity index (χ4n) is 4.41. The van der Waals surface area contributed by atoms with Gasteiger partial charge in [-0.15, -0.1) is 0 Å². The molecular weight excluding hydrogens is 312 g/mol. The zero-order valence-corrected chi connectivity index (χ0v) is 13.2. The van der Waals surface area contributed by atoms with Crippen LogP contribution in [0.2, 0.25) is 0 Å². The summed E-state index contributed by atoms with van der Waals surface area (Å²) in [5.41, 5.74) is 0.476. The van der Waals surface area contributed by atoms with E-state index in [1.807, 2.05) is 4.90 Å². The Kier molecular flexibility index (Phi) is 3.42. The van der Waals surface area contributed by atoms with Crippen LogP contribution in [0.3, 0.4) is 0 Å². The number of nitro groups is 1. The van der Waals surface area contributed by atoms with E-state index in [0.29, 0.717) is 44.6 Å². The van der Waals surface area contributed by atoms with Crippen LogP contribution >= 0.6 is 0 Å². The van der Waals surface area contributed by atoms with Gasteiger partial charge in [0, 0.05) is 37.2 Å². The van der Waals surface area contributed by atoms with Crippen molar-refractivity contribution in [1.29, 1.82) is 0 Å². The minimum Gasteiger partial charge on any atom is -0.377 e. The first-order chi connectivity index (χ1) is 11.5. The largest absolute Gasteiger partial charge is 0.377 e. The lowest BCUT2D eigenvalue weighted by Gasteiger charge is -2.52. The smallest absolute Gasteiger partial charge is 0.269 e. The van der Waals surface area contributed by atoms with E-state index in [4.69, 9.17) is 4.74 Å². The highest BCUT2D eigenvalue weighted by Crippen LogP contribution is 2.47. The minimum atomic E-state index is -1.11. The average Bonchev–Trinajstić information content (AvgIpc) is 2.59. The first-order valence-electron chi connectivity index (χ1n) is 8.22. The molecule has 0 amide bonds. The zero-order valence-electron chi connectivity index (χ0n) is 13.2. The van der Waals surface area contributed by atoms with E-state index in [1.165, 1.54) is 12.1 Å². The Morgan fingerprint density at radius 3 is 2.71 bits per heavy atom. The number of fused-ring (bicyclic) bond motifs is 4. The van der Waals surface area contributed by atoms with Crippen molar-refractivity contribution in [2.45, 2.75) is 31.7 Å². The van der Waals surface area contributed by atoms with E-state index < -0.39 is 10.3 Å². The first-order valence-corrected chi connectivity index (χ1v) is 8.22. The summed E-state index contributed by atoms with van der Waals surface area (Å²) in [6.07, 6.45) is 1.61. The molecule has 1 spiro atoms. The van der Waals surface area contributed by atoms with Crippen molar-refractivity contribution < 1.29 is 19.2 Å². The summed E-state index contributed by atoms with van der Waals surface area (Å²) in [5.74, 6) is -0.0900. The summed E-state index contributed by atoms with van der Waals surface area (Å²) in [5, 5.41) is 11.1. The van der Waals surface area contributed by atoms with Crippen molar-refractivity contribution in [2.24, 2.45) is 5.41 Å². The summed E-state index contributed by atoms with van der Waals surface area (Å²) in [4.78, 5) is 38.4. The lowest BCUT2D eigenvalue weighted by atomic mass is 9.61. The summed E-state index contributed by atoms with van der Waals surface area (Å²) in [6, 6.07) is 4.42. The molecule has 1 aromatic carbocycles. The molecule has 2 heterocycles. The van der Waals surface area contributed by atoms with Gasteiger partial charge in [-0.2, -0.15) is 0 Å². The molecule has 0 radical (unpaired) electrons. The lowest BCUT2D eigenvalue weighted by Crippen LogP contribution is -2.65. The van der Waals surface area contributed by atoms with Crippen LogP contribution in [-0.2, 0) is 20.7 Å². The van der Waals surface area contributed by atoms with Gasteiger partial charge in [-0.1, -0.05) is 0 Å². The topological polar surface area (TPSA) is 89.8 Å². The minimum absolute atomic E-state index is 0.00804. The molecule has 0 bridgehead atoms. The Labute approximate surface area is 138 Å². The van der Waals surface area contributed by atoms with Crippen LogP contribution in [0.5, 0.6) is 0 Å². The number of nitrogens with zero attached hydrogens (tertiary/aromatic N) is 2. The Balaban J connectivity index is 1.88. The van der Waals surface area contributed by atoms with E-state index in [0.717, 1.165) is 5.69 Å². The van der Waals surface area contributed by atoms with E-state index in [1.54, 1.807) is 6.07 Å². The summed E-state index contributed by atoms with van der Waals surface area (Å²) >= 11 is 0. The second-order valence-electron chi connectivity index (χ2n) is 6.70. The molecule has 3 aliphatic rings. The molecule has 0 N–H and O–H groups in total. The van der Waals surface area contributed by atoms with Crippen molar-refractivity contribution in [1.82, 2.24) is 0 Å². The second-order valence-corrected chi connectivity index (χ2v) is 6.70. The number of hydrogen-bond donors (Lipinski definition) is 0. The standard InChI is InChI=1S/C17H18N2O5/c20-15-2-1-3-16(21)17(15)9-11-8-12(19(22)23)4-5-13(11)18-6-7-24-10-14(17)18/h4-5,8,14H,1-3,6-7,9-10H2/t14-/m0/s1. The number of nitro benzene ring substituents is 1. The molecule has 1 saturated carbocycles. The highest BCUT2D eigenvalue weighted by molar-refractivity contribution is 6.11. The predicted octanol–water partition coefficient (Wildman–Crippen LogP) is 1.66. The molecule has 1 saturated heterocycles. The molecule has 0 unspecified atom stereocenters. The summed E-state index contributed by atoms with van der Waals surface area (Å²) in [6.45, 7) is 1.44. The highest BCUT2D eigenvalue weighted by atomic mass is 16.6.